The Hall–Kier alpha value is -1.58. The Morgan fingerprint density at radius 1 is 1.27 bits per heavy atom. The summed E-state index contributed by atoms with van der Waals surface area (Å²) in [5, 5.41) is 15.9. The molecule has 1 rings (SSSR count). The van der Waals surface area contributed by atoms with Gasteiger partial charge in [0.1, 0.15) is 12.9 Å². The second-order valence-electron chi connectivity index (χ2n) is 1.88. The van der Waals surface area contributed by atoms with E-state index in [4.69, 9.17) is 5.11 Å². The Bertz CT molecular complexity index is 243. The standard InChI is InChI=1S/C7H8N2O2/c1-11-9-8-6-2-4-7(10)5-3-6/h2-5,10H,1H3. The highest BCUT2D eigenvalue weighted by molar-refractivity contribution is 5.39. The van der Waals surface area contributed by atoms with Crippen LogP contribution in [0.2, 0.25) is 0 Å². The van der Waals surface area contributed by atoms with Gasteiger partial charge in [0, 0.05) is 5.28 Å². The average molecular weight is 152 g/mol. The summed E-state index contributed by atoms with van der Waals surface area (Å²) in [7, 11) is 1.42. The van der Waals surface area contributed by atoms with E-state index in [-0.39, 0.29) is 5.75 Å². The maximum absolute atomic E-state index is 8.88. The Morgan fingerprint density at radius 3 is 2.45 bits per heavy atom. The minimum Gasteiger partial charge on any atom is -0.508 e. The molecule has 1 aromatic carbocycles. The molecule has 0 aliphatic heterocycles. The van der Waals surface area contributed by atoms with E-state index in [2.05, 4.69) is 15.2 Å². The number of benzene rings is 1. The lowest BCUT2D eigenvalue weighted by Gasteiger charge is -1.90. The van der Waals surface area contributed by atoms with Gasteiger partial charge >= 0.3 is 0 Å². The van der Waals surface area contributed by atoms with Gasteiger partial charge in [-0.2, -0.15) is 0 Å². The number of rotatable bonds is 2. The fraction of sp³-hybridized carbons (Fsp3) is 0.143. The number of hydrogen-bond donors (Lipinski definition) is 1. The summed E-state index contributed by atoms with van der Waals surface area (Å²) in [6, 6.07) is 6.34. The normalized spacial score (nSPS) is 10.3. The molecule has 0 amide bonds. The van der Waals surface area contributed by atoms with Gasteiger partial charge in [0.05, 0.1) is 5.69 Å². The lowest BCUT2D eigenvalue weighted by Crippen LogP contribution is -1.65. The molecule has 0 saturated carbocycles. The van der Waals surface area contributed by atoms with Crippen molar-refractivity contribution in [1.29, 1.82) is 0 Å². The SMILES string of the molecule is CON=Nc1ccc(O)cc1. The highest BCUT2D eigenvalue weighted by Gasteiger charge is 1.88. The van der Waals surface area contributed by atoms with Crippen LogP contribution in [-0.2, 0) is 4.84 Å². The second-order valence-corrected chi connectivity index (χ2v) is 1.88. The van der Waals surface area contributed by atoms with Crippen LogP contribution in [0.5, 0.6) is 5.75 Å². The molecule has 1 aromatic rings. The maximum atomic E-state index is 8.88. The van der Waals surface area contributed by atoms with Crippen molar-refractivity contribution in [3.8, 4) is 5.75 Å². The summed E-state index contributed by atoms with van der Waals surface area (Å²) < 4.78 is 0. The molecule has 0 atom stereocenters. The van der Waals surface area contributed by atoms with E-state index >= 15 is 0 Å². The van der Waals surface area contributed by atoms with Crippen LogP contribution in [0, 0.1) is 0 Å². The first-order chi connectivity index (χ1) is 5.33. The zero-order valence-corrected chi connectivity index (χ0v) is 6.06. The molecule has 0 aromatic heterocycles. The van der Waals surface area contributed by atoms with Crippen LogP contribution in [0.25, 0.3) is 0 Å². The molecule has 0 unspecified atom stereocenters. The minimum absolute atomic E-state index is 0.210. The largest absolute Gasteiger partial charge is 0.508 e. The van der Waals surface area contributed by atoms with Gasteiger partial charge < -0.3 is 9.94 Å². The van der Waals surface area contributed by atoms with Crippen molar-refractivity contribution in [3.63, 3.8) is 0 Å². The average Bonchev–Trinajstić information content (AvgIpc) is 2.04. The number of nitrogens with zero attached hydrogens (tertiary/aromatic N) is 2. The van der Waals surface area contributed by atoms with E-state index in [9.17, 15) is 0 Å². The smallest absolute Gasteiger partial charge is 0.115 e. The predicted octanol–water partition coefficient (Wildman–Crippen LogP) is 2.04. The molecule has 1 N–H and O–H groups in total. The first-order valence-electron chi connectivity index (χ1n) is 3.06. The van der Waals surface area contributed by atoms with Crippen molar-refractivity contribution in [3.05, 3.63) is 24.3 Å². The van der Waals surface area contributed by atoms with Gasteiger partial charge in [-0.25, -0.2) is 0 Å². The summed E-state index contributed by atoms with van der Waals surface area (Å²) in [6.45, 7) is 0. The number of hydrogen-bond acceptors (Lipinski definition) is 4. The van der Waals surface area contributed by atoms with Gasteiger partial charge in [-0.3, -0.25) is 0 Å². The van der Waals surface area contributed by atoms with Gasteiger partial charge in [-0.05, 0) is 24.3 Å². The van der Waals surface area contributed by atoms with Gasteiger partial charge in [-0.15, -0.1) is 5.11 Å². The molecule has 11 heavy (non-hydrogen) atoms. The van der Waals surface area contributed by atoms with Gasteiger partial charge in [0.2, 0.25) is 0 Å². The zero-order chi connectivity index (χ0) is 8.10. The minimum atomic E-state index is 0.210. The van der Waals surface area contributed by atoms with Gasteiger partial charge in [0.25, 0.3) is 0 Å². The fourth-order valence-corrected chi connectivity index (χ4v) is 0.607. The zero-order valence-electron chi connectivity index (χ0n) is 6.06. The molecule has 0 aliphatic rings. The molecule has 4 nitrogen and oxygen atoms in total. The van der Waals surface area contributed by atoms with Crippen molar-refractivity contribution in [2.75, 3.05) is 7.11 Å². The van der Waals surface area contributed by atoms with Crippen molar-refractivity contribution >= 4 is 5.69 Å². The molecule has 0 aliphatic carbocycles. The van der Waals surface area contributed by atoms with E-state index in [0.29, 0.717) is 5.69 Å². The van der Waals surface area contributed by atoms with E-state index in [1.165, 1.54) is 19.2 Å². The van der Waals surface area contributed by atoms with Gasteiger partial charge in [0.15, 0.2) is 0 Å². The van der Waals surface area contributed by atoms with E-state index in [1.54, 1.807) is 12.1 Å². The van der Waals surface area contributed by atoms with Crippen LogP contribution < -0.4 is 0 Å². The summed E-state index contributed by atoms with van der Waals surface area (Å²) >= 11 is 0. The predicted molar refractivity (Wildman–Crippen MR) is 39.6 cm³/mol. The van der Waals surface area contributed by atoms with Crippen LogP contribution in [0.3, 0.4) is 0 Å². The maximum Gasteiger partial charge on any atom is 0.115 e. The highest BCUT2D eigenvalue weighted by atomic mass is 16.6. The number of phenolic OH excluding ortho intramolecular Hbond substituents is 1. The van der Waals surface area contributed by atoms with E-state index in [1.807, 2.05) is 0 Å². The van der Waals surface area contributed by atoms with Crippen LogP contribution in [0.1, 0.15) is 0 Å². The monoisotopic (exact) mass is 152 g/mol. The van der Waals surface area contributed by atoms with Crippen molar-refractivity contribution in [2.45, 2.75) is 0 Å². The van der Waals surface area contributed by atoms with Crippen LogP contribution >= 0.6 is 0 Å². The third kappa shape index (κ3) is 2.25. The Morgan fingerprint density at radius 2 is 1.91 bits per heavy atom. The van der Waals surface area contributed by atoms with Crippen molar-refractivity contribution < 1.29 is 9.94 Å². The molecular weight excluding hydrogens is 144 g/mol. The van der Waals surface area contributed by atoms with Crippen molar-refractivity contribution in [1.82, 2.24) is 0 Å². The van der Waals surface area contributed by atoms with Crippen LogP contribution in [0.4, 0.5) is 5.69 Å². The number of phenols is 1. The summed E-state index contributed by atoms with van der Waals surface area (Å²) in [4.78, 5) is 4.37. The third-order valence-electron chi connectivity index (χ3n) is 1.09. The molecule has 0 spiro atoms. The molecule has 0 radical (unpaired) electrons. The first-order valence-corrected chi connectivity index (χ1v) is 3.06. The fourth-order valence-electron chi connectivity index (χ4n) is 0.607. The molecule has 58 valence electrons. The quantitative estimate of drug-likeness (QED) is 0.520. The highest BCUT2D eigenvalue weighted by Crippen LogP contribution is 2.16. The first kappa shape index (κ1) is 7.53. The van der Waals surface area contributed by atoms with Crippen LogP contribution in [0.15, 0.2) is 34.7 Å². The molecule has 0 saturated heterocycles. The Balaban J connectivity index is 2.73. The summed E-state index contributed by atoms with van der Waals surface area (Å²) in [5.41, 5.74) is 0.643. The molecule has 0 bridgehead atoms. The Kier molecular flexibility index (Phi) is 2.43. The molecule has 4 heteroatoms. The van der Waals surface area contributed by atoms with Gasteiger partial charge in [-0.1, -0.05) is 0 Å². The molecule has 0 fully saturated rings. The molecular formula is C7H8N2O2. The summed E-state index contributed by atoms with van der Waals surface area (Å²) in [6.07, 6.45) is 0. The van der Waals surface area contributed by atoms with Crippen LogP contribution in [-0.4, -0.2) is 12.2 Å². The number of aromatic hydroxyl groups is 1. The topological polar surface area (TPSA) is 54.2 Å². The lowest BCUT2D eigenvalue weighted by molar-refractivity contribution is 0.190. The second kappa shape index (κ2) is 3.55. The lowest BCUT2D eigenvalue weighted by atomic mass is 10.3. The van der Waals surface area contributed by atoms with Crippen molar-refractivity contribution in [2.24, 2.45) is 10.4 Å². The van der Waals surface area contributed by atoms with E-state index in [0.717, 1.165) is 0 Å². The molecule has 0 heterocycles. The Labute approximate surface area is 64.1 Å². The summed E-state index contributed by atoms with van der Waals surface area (Å²) in [5.74, 6) is 0.210. The van der Waals surface area contributed by atoms with E-state index < -0.39 is 0 Å². The third-order valence-corrected chi connectivity index (χ3v) is 1.09.